The molecule has 0 fully saturated rings. The van der Waals surface area contributed by atoms with Gasteiger partial charge in [-0.05, 0) is 32.1 Å². The summed E-state index contributed by atoms with van der Waals surface area (Å²) in [5, 5.41) is 0. The zero-order chi connectivity index (χ0) is 11.7. The highest BCUT2D eigenvalue weighted by Crippen LogP contribution is 2.10. The summed E-state index contributed by atoms with van der Waals surface area (Å²) in [7, 11) is 1.91. The zero-order valence-corrected chi connectivity index (χ0v) is 11.0. The van der Waals surface area contributed by atoms with Gasteiger partial charge in [0.2, 0.25) is 5.91 Å². The highest BCUT2D eigenvalue weighted by Gasteiger charge is 2.16. The lowest BCUT2D eigenvalue weighted by Gasteiger charge is -2.26. The Hall–Kier alpha value is -0.220. The van der Waals surface area contributed by atoms with Crippen molar-refractivity contribution in [3.63, 3.8) is 0 Å². The Labute approximate surface area is 97.8 Å². The monoisotopic (exact) mass is 232 g/mol. The molecule has 3 nitrogen and oxygen atoms in total. The van der Waals surface area contributed by atoms with E-state index in [0.717, 1.165) is 25.0 Å². The number of nitrogens with two attached hydrogens (primary N) is 1. The maximum absolute atomic E-state index is 11.8. The number of hydrogen-bond acceptors (Lipinski definition) is 3. The minimum Gasteiger partial charge on any atom is -0.342 e. The molecule has 0 radical (unpaired) electrons. The molecule has 0 aromatic heterocycles. The predicted octanol–water partition coefficient (Wildman–Crippen LogP) is 1.72. The second-order valence-corrected chi connectivity index (χ2v) is 4.68. The minimum absolute atomic E-state index is 0.254. The van der Waals surface area contributed by atoms with E-state index in [1.807, 2.05) is 11.9 Å². The summed E-state index contributed by atoms with van der Waals surface area (Å²) in [5.74, 6) is 1.28. The van der Waals surface area contributed by atoms with E-state index in [1.54, 1.807) is 11.8 Å². The lowest BCUT2D eigenvalue weighted by molar-refractivity contribution is -0.131. The summed E-state index contributed by atoms with van der Waals surface area (Å²) in [6, 6.07) is 0.380. The molecule has 0 bridgehead atoms. The zero-order valence-electron chi connectivity index (χ0n) is 10.2. The van der Waals surface area contributed by atoms with E-state index in [-0.39, 0.29) is 5.91 Å². The molecule has 0 aliphatic rings. The Kier molecular flexibility index (Phi) is 8.91. The molecule has 4 heteroatoms. The van der Waals surface area contributed by atoms with Gasteiger partial charge >= 0.3 is 0 Å². The molecule has 0 rings (SSSR count). The average Bonchev–Trinajstić information content (AvgIpc) is 2.25. The maximum Gasteiger partial charge on any atom is 0.222 e. The Balaban J connectivity index is 3.92. The fourth-order valence-electron chi connectivity index (χ4n) is 1.50. The third-order valence-corrected chi connectivity index (χ3v) is 3.33. The quantitative estimate of drug-likeness (QED) is 0.648. The van der Waals surface area contributed by atoms with Crippen molar-refractivity contribution in [1.29, 1.82) is 0 Å². The molecule has 1 atom stereocenters. The highest BCUT2D eigenvalue weighted by atomic mass is 32.2. The van der Waals surface area contributed by atoms with Crippen LogP contribution >= 0.6 is 11.8 Å². The Morgan fingerprint density at radius 2 is 2.13 bits per heavy atom. The summed E-state index contributed by atoms with van der Waals surface area (Å²) < 4.78 is 0. The number of carbonyl (C=O) groups excluding carboxylic acids is 1. The molecule has 1 unspecified atom stereocenters. The van der Waals surface area contributed by atoms with Gasteiger partial charge in [0, 0.05) is 25.3 Å². The molecule has 0 aliphatic heterocycles. The second kappa shape index (κ2) is 9.04. The molecule has 0 spiro atoms. The number of unbranched alkanes of at least 4 members (excludes halogenated alkanes) is 1. The lowest BCUT2D eigenvalue weighted by Crippen LogP contribution is -2.38. The van der Waals surface area contributed by atoms with Crippen molar-refractivity contribution in [2.45, 2.75) is 38.6 Å². The van der Waals surface area contributed by atoms with Crippen LogP contribution in [0.2, 0.25) is 0 Å². The molecule has 0 aromatic rings. The Bertz CT molecular complexity index is 176. The number of nitrogens with zero attached hydrogens (tertiary/aromatic N) is 1. The van der Waals surface area contributed by atoms with Gasteiger partial charge in [-0.1, -0.05) is 6.92 Å². The van der Waals surface area contributed by atoms with Crippen LogP contribution in [0.1, 0.15) is 32.6 Å². The first-order chi connectivity index (χ1) is 7.17. The van der Waals surface area contributed by atoms with Crippen LogP contribution in [0.15, 0.2) is 0 Å². The molecule has 15 heavy (non-hydrogen) atoms. The number of amides is 1. The number of rotatable bonds is 8. The van der Waals surface area contributed by atoms with Gasteiger partial charge in [-0.25, -0.2) is 0 Å². The van der Waals surface area contributed by atoms with Gasteiger partial charge in [0.1, 0.15) is 0 Å². The van der Waals surface area contributed by atoms with Crippen molar-refractivity contribution >= 4 is 17.7 Å². The van der Waals surface area contributed by atoms with Crippen LogP contribution < -0.4 is 5.73 Å². The summed E-state index contributed by atoms with van der Waals surface area (Å²) in [6.07, 6.45) is 5.60. The fraction of sp³-hybridized carbons (Fsp3) is 0.909. The molecule has 0 saturated heterocycles. The third-order valence-electron chi connectivity index (χ3n) is 2.62. The SMILES string of the molecule is CCC(CSC)N(C)C(=O)CCCCN. The predicted molar refractivity (Wildman–Crippen MR) is 68.1 cm³/mol. The molecule has 2 N–H and O–H groups in total. The second-order valence-electron chi connectivity index (χ2n) is 3.77. The van der Waals surface area contributed by atoms with Gasteiger partial charge in [0.05, 0.1) is 0 Å². The van der Waals surface area contributed by atoms with E-state index in [9.17, 15) is 4.79 Å². The fourth-order valence-corrected chi connectivity index (χ4v) is 2.34. The van der Waals surface area contributed by atoms with Gasteiger partial charge in [-0.15, -0.1) is 0 Å². The summed E-state index contributed by atoms with van der Waals surface area (Å²) in [4.78, 5) is 13.7. The third kappa shape index (κ3) is 6.05. The van der Waals surface area contributed by atoms with Crippen LogP contribution in [0.25, 0.3) is 0 Å². The van der Waals surface area contributed by atoms with Gasteiger partial charge < -0.3 is 10.6 Å². The first kappa shape index (κ1) is 14.8. The van der Waals surface area contributed by atoms with Crippen molar-refractivity contribution in [3.8, 4) is 0 Å². The standard InChI is InChI=1S/C11H24N2OS/c1-4-10(9-15-3)13(2)11(14)7-5-6-8-12/h10H,4-9,12H2,1-3H3. The van der Waals surface area contributed by atoms with Crippen molar-refractivity contribution in [1.82, 2.24) is 4.90 Å². The maximum atomic E-state index is 11.8. The Morgan fingerprint density at radius 1 is 1.47 bits per heavy atom. The van der Waals surface area contributed by atoms with Gasteiger partial charge in [-0.3, -0.25) is 4.79 Å². The van der Waals surface area contributed by atoms with E-state index >= 15 is 0 Å². The van der Waals surface area contributed by atoms with Crippen molar-refractivity contribution < 1.29 is 4.79 Å². The molecular weight excluding hydrogens is 208 g/mol. The lowest BCUT2D eigenvalue weighted by atomic mass is 10.2. The molecule has 0 heterocycles. The largest absolute Gasteiger partial charge is 0.342 e. The van der Waals surface area contributed by atoms with Gasteiger partial charge in [0.25, 0.3) is 0 Å². The average molecular weight is 232 g/mol. The first-order valence-corrected chi connectivity index (χ1v) is 7.01. The van der Waals surface area contributed by atoms with Crippen LogP contribution in [0.4, 0.5) is 0 Å². The Morgan fingerprint density at radius 3 is 2.60 bits per heavy atom. The van der Waals surface area contributed by atoms with Crippen LogP contribution in [-0.2, 0) is 4.79 Å². The minimum atomic E-state index is 0.254. The number of thioether (sulfide) groups is 1. The van der Waals surface area contributed by atoms with Crippen LogP contribution in [0.5, 0.6) is 0 Å². The molecule has 0 saturated carbocycles. The smallest absolute Gasteiger partial charge is 0.222 e. The van der Waals surface area contributed by atoms with E-state index in [1.165, 1.54) is 0 Å². The molecule has 90 valence electrons. The van der Waals surface area contributed by atoms with Gasteiger partial charge in [0.15, 0.2) is 0 Å². The highest BCUT2D eigenvalue weighted by molar-refractivity contribution is 7.98. The number of hydrogen-bond donors (Lipinski definition) is 1. The van der Waals surface area contributed by atoms with Gasteiger partial charge in [-0.2, -0.15) is 11.8 Å². The molecule has 0 aromatic carbocycles. The molecule has 1 amide bonds. The molecule has 0 aliphatic carbocycles. The van der Waals surface area contributed by atoms with E-state index in [0.29, 0.717) is 19.0 Å². The molecular formula is C11H24N2OS. The summed E-state index contributed by atoms with van der Waals surface area (Å²) in [5.41, 5.74) is 5.40. The topological polar surface area (TPSA) is 46.3 Å². The van der Waals surface area contributed by atoms with E-state index < -0.39 is 0 Å². The number of carbonyl (C=O) groups is 1. The summed E-state index contributed by atoms with van der Waals surface area (Å²) in [6.45, 7) is 2.81. The van der Waals surface area contributed by atoms with Crippen LogP contribution in [0.3, 0.4) is 0 Å². The summed E-state index contributed by atoms with van der Waals surface area (Å²) >= 11 is 1.79. The van der Waals surface area contributed by atoms with E-state index in [2.05, 4.69) is 13.2 Å². The van der Waals surface area contributed by atoms with Crippen molar-refractivity contribution in [3.05, 3.63) is 0 Å². The van der Waals surface area contributed by atoms with Crippen LogP contribution in [-0.4, -0.2) is 42.4 Å². The van der Waals surface area contributed by atoms with Crippen molar-refractivity contribution in [2.24, 2.45) is 5.73 Å². The van der Waals surface area contributed by atoms with Crippen molar-refractivity contribution in [2.75, 3.05) is 25.6 Å². The van der Waals surface area contributed by atoms with E-state index in [4.69, 9.17) is 5.73 Å². The van der Waals surface area contributed by atoms with Crippen LogP contribution in [0, 0.1) is 0 Å². The first-order valence-electron chi connectivity index (χ1n) is 5.62. The normalized spacial score (nSPS) is 12.5.